The fourth-order valence-corrected chi connectivity index (χ4v) is 0.624. The van der Waals surface area contributed by atoms with E-state index in [-0.39, 0.29) is 13.0 Å². The molecule has 14 heavy (non-hydrogen) atoms. The third kappa shape index (κ3) is 8.79. The molecule has 0 unspecified atom stereocenters. The Bertz CT molecular complexity index is 210. The van der Waals surface area contributed by atoms with Crippen LogP contribution < -0.4 is 16.6 Å². The summed E-state index contributed by atoms with van der Waals surface area (Å²) in [6, 6.07) is 0. The molecule has 0 spiro atoms. The molecule has 0 saturated heterocycles. The molecule has 0 heterocycles. The Kier molecular flexibility index (Phi) is 4.93. The Morgan fingerprint density at radius 1 is 1.36 bits per heavy atom. The molecule has 0 atom stereocenters. The Hall–Kier alpha value is -1.30. The first kappa shape index (κ1) is 12.7. The zero-order chi connectivity index (χ0) is 11.2. The summed E-state index contributed by atoms with van der Waals surface area (Å²) in [5.41, 5.74) is 9.15. The molecule has 82 valence electrons. The largest absolute Gasteiger partial charge is 0.443 e. The maximum absolute atomic E-state index is 11.0. The number of hydrazine groups is 1. The fourth-order valence-electron chi connectivity index (χ4n) is 0.624. The van der Waals surface area contributed by atoms with Crippen molar-refractivity contribution in [1.82, 2.24) is 10.9 Å². The number of nitrogens with two attached hydrogens (primary N) is 1. The first-order valence-corrected chi connectivity index (χ1v) is 4.31. The molecular weight excluding hydrogens is 186 g/mol. The van der Waals surface area contributed by atoms with Crippen LogP contribution in [0.3, 0.4) is 0 Å². The van der Waals surface area contributed by atoms with E-state index in [1.807, 2.05) is 0 Å². The molecule has 0 aromatic carbocycles. The van der Waals surface area contributed by atoms with Gasteiger partial charge in [-0.25, -0.2) is 10.2 Å². The highest BCUT2D eigenvalue weighted by atomic mass is 16.6. The number of primary amides is 1. The van der Waals surface area contributed by atoms with Gasteiger partial charge in [0.2, 0.25) is 5.91 Å². The van der Waals surface area contributed by atoms with E-state index in [2.05, 4.69) is 10.9 Å². The number of carbonyl (C=O) groups excluding carboxylic acids is 2. The number of hydrogen-bond donors (Lipinski definition) is 3. The third-order valence-electron chi connectivity index (χ3n) is 1.09. The van der Waals surface area contributed by atoms with Crippen LogP contribution in [0.25, 0.3) is 0 Å². The van der Waals surface area contributed by atoms with Gasteiger partial charge in [0.1, 0.15) is 5.60 Å². The van der Waals surface area contributed by atoms with E-state index in [1.165, 1.54) is 0 Å². The van der Waals surface area contributed by atoms with Gasteiger partial charge >= 0.3 is 6.09 Å². The second kappa shape index (κ2) is 5.43. The summed E-state index contributed by atoms with van der Waals surface area (Å²) in [6.45, 7) is 5.57. The molecule has 4 N–H and O–H groups in total. The SMILES string of the molecule is CC(C)(C)OC(=O)NNCCC(N)=O. The van der Waals surface area contributed by atoms with Crippen LogP contribution in [0.2, 0.25) is 0 Å². The number of amides is 2. The molecule has 6 nitrogen and oxygen atoms in total. The Morgan fingerprint density at radius 3 is 2.36 bits per heavy atom. The maximum Gasteiger partial charge on any atom is 0.422 e. The number of ether oxygens (including phenoxy) is 1. The van der Waals surface area contributed by atoms with Crippen molar-refractivity contribution >= 4 is 12.0 Å². The minimum Gasteiger partial charge on any atom is -0.443 e. The molecule has 0 aromatic heterocycles. The summed E-state index contributed by atoms with van der Waals surface area (Å²) >= 11 is 0. The van der Waals surface area contributed by atoms with Crippen LogP contribution in [-0.2, 0) is 9.53 Å². The summed E-state index contributed by atoms with van der Waals surface area (Å²) in [5.74, 6) is -0.427. The molecule has 0 aliphatic rings. The van der Waals surface area contributed by atoms with E-state index in [4.69, 9.17) is 10.5 Å². The highest BCUT2D eigenvalue weighted by molar-refractivity contribution is 5.74. The zero-order valence-corrected chi connectivity index (χ0v) is 8.72. The lowest BCUT2D eigenvalue weighted by molar-refractivity contribution is -0.117. The van der Waals surface area contributed by atoms with Crippen LogP contribution in [0.15, 0.2) is 0 Å². The van der Waals surface area contributed by atoms with E-state index in [0.717, 1.165) is 0 Å². The van der Waals surface area contributed by atoms with E-state index < -0.39 is 17.6 Å². The number of rotatable bonds is 4. The second-order valence-corrected chi connectivity index (χ2v) is 3.77. The van der Waals surface area contributed by atoms with Gasteiger partial charge in [0.25, 0.3) is 0 Å². The summed E-state index contributed by atoms with van der Waals surface area (Å²) in [7, 11) is 0. The highest BCUT2D eigenvalue weighted by Gasteiger charge is 2.15. The Labute approximate surface area is 83.1 Å². The first-order chi connectivity index (χ1) is 6.31. The van der Waals surface area contributed by atoms with E-state index >= 15 is 0 Å². The lowest BCUT2D eigenvalue weighted by Gasteiger charge is -2.19. The number of nitrogens with one attached hydrogen (secondary N) is 2. The molecule has 0 aliphatic heterocycles. The van der Waals surface area contributed by atoms with Crippen molar-refractivity contribution in [1.29, 1.82) is 0 Å². The number of hydrogen-bond acceptors (Lipinski definition) is 4. The Balaban J connectivity index is 3.50. The van der Waals surface area contributed by atoms with Gasteiger partial charge in [0.05, 0.1) is 0 Å². The van der Waals surface area contributed by atoms with E-state index in [0.29, 0.717) is 0 Å². The van der Waals surface area contributed by atoms with Crippen LogP contribution in [0.1, 0.15) is 27.2 Å². The predicted octanol–water partition coefficient (Wildman–Crippen LogP) is -0.109. The molecule has 0 saturated carbocycles. The fraction of sp³-hybridized carbons (Fsp3) is 0.750. The summed E-state index contributed by atoms with van der Waals surface area (Å²) in [4.78, 5) is 21.3. The predicted molar refractivity (Wildman–Crippen MR) is 51.2 cm³/mol. The first-order valence-electron chi connectivity index (χ1n) is 4.31. The molecule has 2 amide bonds. The molecular formula is C8H17N3O3. The monoisotopic (exact) mass is 203 g/mol. The second-order valence-electron chi connectivity index (χ2n) is 3.77. The van der Waals surface area contributed by atoms with Crippen LogP contribution in [-0.4, -0.2) is 24.1 Å². The van der Waals surface area contributed by atoms with Crippen molar-refractivity contribution in [3.63, 3.8) is 0 Å². The minimum atomic E-state index is -0.582. The van der Waals surface area contributed by atoms with Gasteiger partial charge in [0.15, 0.2) is 0 Å². The van der Waals surface area contributed by atoms with Crippen molar-refractivity contribution in [2.75, 3.05) is 6.54 Å². The molecule has 0 fully saturated rings. The van der Waals surface area contributed by atoms with Gasteiger partial charge in [0, 0.05) is 13.0 Å². The Morgan fingerprint density at radius 2 is 1.93 bits per heavy atom. The van der Waals surface area contributed by atoms with Crippen molar-refractivity contribution in [3.05, 3.63) is 0 Å². The topological polar surface area (TPSA) is 93.4 Å². The lowest BCUT2D eigenvalue weighted by atomic mass is 10.2. The highest BCUT2D eigenvalue weighted by Crippen LogP contribution is 2.05. The van der Waals surface area contributed by atoms with Crippen molar-refractivity contribution in [2.24, 2.45) is 5.73 Å². The summed E-state index contributed by atoms with van der Waals surface area (Å²) in [5, 5.41) is 0. The standard InChI is InChI=1S/C8H17N3O3/c1-8(2,3)14-7(13)11-10-5-4-6(9)12/h10H,4-5H2,1-3H3,(H2,9,12)(H,11,13). The molecule has 0 bridgehead atoms. The molecule has 6 heteroatoms. The van der Waals surface area contributed by atoms with Crippen LogP contribution in [0, 0.1) is 0 Å². The smallest absolute Gasteiger partial charge is 0.422 e. The van der Waals surface area contributed by atoms with E-state index in [9.17, 15) is 9.59 Å². The molecule has 0 rings (SSSR count). The van der Waals surface area contributed by atoms with Gasteiger partial charge in [-0.1, -0.05) is 0 Å². The number of carbonyl (C=O) groups is 2. The normalized spacial score (nSPS) is 10.8. The van der Waals surface area contributed by atoms with Gasteiger partial charge in [-0.3, -0.25) is 10.2 Å². The van der Waals surface area contributed by atoms with Crippen LogP contribution in [0.5, 0.6) is 0 Å². The van der Waals surface area contributed by atoms with Crippen LogP contribution >= 0.6 is 0 Å². The van der Waals surface area contributed by atoms with Gasteiger partial charge in [-0.15, -0.1) is 0 Å². The molecule has 0 aliphatic carbocycles. The van der Waals surface area contributed by atoms with E-state index in [1.54, 1.807) is 20.8 Å². The van der Waals surface area contributed by atoms with Gasteiger partial charge < -0.3 is 10.5 Å². The quantitative estimate of drug-likeness (QED) is 0.439. The summed E-state index contributed by atoms with van der Waals surface area (Å²) < 4.78 is 4.92. The molecule has 0 aromatic rings. The van der Waals surface area contributed by atoms with Crippen molar-refractivity contribution in [2.45, 2.75) is 32.8 Å². The minimum absolute atomic E-state index is 0.162. The van der Waals surface area contributed by atoms with Crippen molar-refractivity contribution in [3.8, 4) is 0 Å². The van der Waals surface area contributed by atoms with Crippen LogP contribution in [0.4, 0.5) is 4.79 Å². The summed E-state index contributed by atoms with van der Waals surface area (Å²) in [6.07, 6.45) is -0.419. The average Bonchev–Trinajstić information content (AvgIpc) is 1.94. The van der Waals surface area contributed by atoms with Gasteiger partial charge in [-0.2, -0.15) is 0 Å². The third-order valence-corrected chi connectivity index (χ3v) is 1.09. The zero-order valence-electron chi connectivity index (χ0n) is 8.72. The van der Waals surface area contributed by atoms with Crippen molar-refractivity contribution < 1.29 is 14.3 Å². The average molecular weight is 203 g/mol. The molecule has 0 radical (unpaired) electrons. The lowest BCUT2D eigenvalue weighted by Crippen LogP contribution is -2.42. The van der Waals surface area contributed by atoms with Gasteiger partial charge in [-0.05, 0) is 20.8 Å². The maximum atomic E-state index is 11.0.